The monoisotopic (exact) mass is 258 g/mol. The fourth-order valence-electron chi connectivity index (χ4n) is 1.06. The van der Waals surface area contributed by atoms with Crippen LogP contribution in [0.25, 0.3) is 0 Å². The molecule has 0 rings (SSSR count). The number of carbonyl (C=O) groups excluding carboxylic acids is 2. The molecule has 4 heteroatoms. The maximum Gasteiger partial charge on any atom is 0.344 e. The first-order valence-electron chi connectivity index (χ1n) is 6.52. The Balaban J connectivity index is 3.94. The minimum atomic E-state index is -0.540. The number of hydrogen-bond acceptors (Lipinski definition) is 4. The van der Waals surface area contributed by atoms with Crippen molar-refractivity contribution in [1.82, 2.24) is 0 Å². The fraction of sp³-hybridized carbons (Fsp3) is 0.857. The molecule has 0 aliphatic heterocycles. The molecule has 0 radical (unpaired) electrons. The van der Waals surface area contributed by atoms with Crippen molar-refractivity contribution >= 4 is 11.9 Å². The van der Waals surface area contributed by atoms with Crippen LogP contribution in [0.3, 0.4) is 0 Å². The van der Waals surface area contributed by atoms with Gasteiger partial charge in [0.15, 0.2) is 6.61 Å². The van der Waals surface area contributed by atoms with Gasteiger partial charge in [0.1, 0.15) is 5.60 Å². The summed E-state index contributed by atoms with van der Waals surface area (Å²) in [4.78, 5) is 22.8. The van der Waals surface area contributed by atoms with Gasteiger partial charge in [0.2, 0.25) is 0 Å². The van der Waals surface area contributed by atoms with Crippen LogP contribution in [-0.2, 0) is 19.1 Å². The van der Waals surface area contributed by atoms with Crippen LogP contribution < -0.4 is 0 Å². The molecule has 0 aliphatic rings. The first-order valence-corrected chi connectivity index (χ1v) is 6.52. The van der Waals surface area contributed by atoms with Crippen LogP contribution in [0.15, 0.2) is 0 Å². The molecule has 0 bridgehead atoms. The maximum atomic E-state index is 11.5. The molecule has 0 unspecified atom stereocenters. The molecule has 106 valence electrons. The Bertz CT molecular complexity index is 280. The number of esters is 2. The Labute approximate surface area is 110 Å². The van der Waals surface area contributed by atoms with Gasteiger partial charge in [-0.2, -0.15) is 0 Å². The molecule has 0 fully saturated rings. The summed E-state index contributed by atoms with van der Waals surface area (Å²) in [5.74, 6) is -0.183. The Morgan fingerprint density at radius 1 is 1.06 bits per heavy atom. The van der Waals surface area contributed by atoms with Crippen LogP contribution >= 0.6 is 0 Å². The third-order valence-corrected chi connectivity index (χ3v) is 3.04. The van der Waals surface area contributed by atoms with E-state index in [0.29, 0.717) is 12.3 Å². The van der Waals surface area contributed by atoms with Gasteiger partial charge in [-0.3, -0.25) is 4.79 Å². The Morgan fingerprint density at radius 2 is 1.61 bits per heavy atom. The van der Waals surface area contributed by atoms with Gasteiger partial charge in [-0.05, 0) is 32.1 Å². The first-order chi connectivity index (χ1) is 8.15. The number of carbonyl (C=O) groups is 2. The predicted molar refractivity (Wildman–Crippen MR) is 70.0 cm³/mol. The summed E-state index contributed by atoms with van der Waals surface area (Å²) in [6.07, 6.45) is 1.11. The summed E-state index contributed by atoms with van der Waals surface area (Å²) < 4.78 is 10.1. The second-order valence-electron chi connectivity index (χ2n) is 5.83. The van der Waals surface area contributed by atoms with Crippen molar-refractivity contribution in [3.8, 4) is 0 Å². The Morgan fingerprint density at radius 3 is 2.06 bits per heavy atom. The predicted octanol–water partition coefficient (Wildman–Crippen LogP) is 2.94. The van der Waals surface area contributed by atoms with E-state index in [1.165, 1.54) is 0 Å². The lowest BCUT2D eigenvalue weighted by Gasteiger charge is -2.28. The third-order valence-electron chi connectivity index (χ3n) is 3.04. The molecule has 0 aromatic carbocycles. The highest BCUT2D eigenvalue weighted by Crippen LogP contribution is 2.20. The van der Waals surface area contributed by atoms with E-state index in [1.54, 1.807) is 0 Å². The van der Waals surface area contributed by atoms with E-state index in [0.717, 1.165) is 6.42 Å². The van der Waals surface area contributed by atoms with Gasteiger partial charge >= 0.3 is 11.9 Å². The second-order valence-corrected chi connectivity index (χ2v) is 5.83. The van der Waals surface area contributed by atoms with Crippen LogP contribution in [0.5, 0.6) is 0 Å². The van der Waals surface area contributed by atoms with Gasteiger partial charge in [-0.1, -0.05) is 27.7 Å². The van der Waals surface area contributed by atoms with Crippen LogP contribution in [0.1, 0.15) is 54.4 Å². The molecule has 0 heterocycles. The van der Waals surface area contributed by atoms with Crippen LogP contribution in [0.2, 0.25) is 0 Å². The van der Waals surface area contributed by atoms with Crippen molar-refractivity contribution < 1.29 is 19.1 Å². The maximum absolute atomic E-state index is 11.5. The lowest BCUT2D eigenvalue weighted by atomic mass is 9.95. The highest BCUT2D eigenvalue weighted by Gasteiger charge is 2.27. The third kappa shape index (κ3) is 7.30. The number of ether oxygens (including phenoxy) is 2. The average Bonchev–Trinajstić information content (AvgIpc) is 2.22. The zero-order valence-electron chi connectivity index (χ0n) is 12.4. The molecule has 0 atom stereocenters. The van der Waals surface area contributed by atoms with Crippen LogP contribution in [0.4, 0.5) is 0 Å². The lowest BCUT2D eigenvalue weighted by molar-refractivity contribution is -0.170. The highest BCUT2D eigenvalue weighted by atomic mass is 16.6. The van der Waals surface area contributed by atoms with E-state index in [9.17, 15) is 9.59 Å². The largest absolute Gasteiger partial charge is 0.457 e. The minimum Gasteiger partial charge on any atom is -0.457 e. The molecule has 18 heavy (non-hydrogen) atoms. The number of hydrogen-bond donors (Lipinski definition) is 0. The topological polar surface area (TPSA) is 52.6 Å². The van der Waals surface area contributed by atoms with E-state index in [1.807, 2.05) is 41.5 Å². The van der Waals surface area contributed by atoms with Crippen molar-refractivity contribution in [3.05, 3.63) is 0 Å². The molecule has 0 aromatic rings. The Hall–Kier alpha value is -1.06. The molecule has 4 nitrogen and oxygen atoms in total. The Kier molecular flexibility index (Phi) is 6.96. The molecule has 0 saturated heterocycles. The van der Waals surface area contributed by atoms with E-state index in [2.05, 4.69) is 0 Å². The summed E-state index contributed by atoms with van der Waals surface area (Å²) in [5, 5.41) is 0. The van der Waals surface area contributed by atoms with Gasteiger partial charge in [0.25, 0.3) is 0 Å². The molecule has 0 aliphatic carbocycles. The summed E-state index contributed by atoms with van der Waals surface area (Å²) in [6, 6.07) is 0. The molecule has 0 saturated carbocycles. The van der Waals surface area contributed by atoms with Crippen molar-refractivity contribution in [1.29, 1.82) is 0 Å². The van der Waals surface area contributed by atoms with E-state index < -0.39 is 11.6 Å². The van der Waals surface area contributed by atoms with Crippen molar-refractivity contribution in [2.75, 3.05) is 6.61 Å². The summed E-state index contributed by atoms with van der Waals surface area (Å²) in [5.41, 5.74) is -0.540. The van der Waals surface area contributed by atoms with Gasteiger partial charge in [-0.15, -0.1) is 0 Å². The average molecular weight is 258 g/mol. The van der Waals surface area contributed by atoms with Crippen LogP contribution in [-0.4, -0.2) is 24.1 Å². The SMILES string of the molecule is CC(C)CCC(=O)OCC(=O)OC(C)(C)C(C)C. The second kappa shape index (κ2) is 7.39. The molecule has 0 spiro atoms. The summed E-state index contributed by atoms with van der Waals surface area (Å²) in [7, 11) is 0. The minimum absolute atomic E-state index is 0.207. The zero-order chi connectivity index (χ0) is 14.3. The van der Waals surface area contributed by atoms with E-state index >= 15 is 0 Å². The van der Waals surface area contributed by atoms with Gasteiger partial charge < -0.3 is 9.47 Å². The van der Waals surface area contributed by atoms with Crippen LogP contribution in [0, 0.1) is 11.8 Å². The molecular formula is C14H26O4. The van der Waals surface area contributed by atoms with Crippen molar-refractivity contribution in [3.63, 3.8) is 0 Å². The summed E-state index contributed by atoms with van der Waals surface area (Å²) >= 11 is 0. The molecule has 0 amide bonds. The quantitative estimate of drug-likeness (QED) is 0.659. The lowest BCUT2D eigenvalue weighted by Crippen LogP contribution is -2.35. The molecule has 0 N–H and O–H groups in total. The van der Waals surface area contributed by atoms with Crippen molar-refractivity contribution in [2.24, 2.45) is 11.8 Å². The normalized spacial score (nSPS) is 11.8. The number of rotatable bonds is 7. The fourth-order valence-corrected chi connectivity index (χ4v) is 1.06. The first kappa shape index (κ1) is 16.9. The standard InChI is InChI=1S/C14H26O4/c1-10(2)7-8-12(15)17-9-13(16)18-14(5,6)11(3)4/h10-11H,7-9H2,1-6H3. The van der Waals surface area contributed by atoms with Gasteiger partial charge in [0, 0.05) is 6.42 Å². The highest BCUT2D eigenvalue weighted by molar-refractivity contribution is 5.76. The summed E-state index contributed by atoms with van der Waals surface area (Å²) in [6.45, 7) is 11.4. The molecule has 0 aromatic heterocycles. The molecular weight excluding hydrogens is 232 g/mol. The van der Waals surface area contributed by atoms with E-state index in [4.69, 9.17) is 9.47 Å². The van der Waals surface area contributed by atoms with Gasteiger partial charge in [0.05, 0.1) is 0 Å². The van der Waals surface area contributed by atoms with Crippen molar-refractivity contribution in [2.45, 2.75) is 60.0 Å². The smallest absolute Gasteiger partial charge is 0.344 e. The van der Waals surface area contributed by atoms with E-state index in [-0.39, 0.29) is 18.5 Å². The zero-order valence-corrected chi connectivity index (χ0v) is 12.4. The van der Waals surface area contributed by atoms with Gasteiger partial charge in [-0.25, -0.2) is 4.79 Å².